The molecule has 2 aliphatic rings. The Kier molecular flexibility index (Phi) is 5.40. The summed E-state index contributed by atoms with van der Waals surface area (Å²) in [5.74, 6) is -3.43. The summed E-state index contributed by atoms with van der Waals surface area (Å²) in [5.41, 5.74) is 6.49. The molecule has 4 rings (SSSR count). The van der Waals surface area contributed by atoms with Crippen LogP contribution in [-0.2, 0) is 4.79 Å². The van der Waals surface area contributed by atoms with Crippen molar-refractivity contribution in [2.45, 2.75) is 37.6 Å². The molecule has 0 radical (unpaired) electrons. The molecule has 2 amide bonds. The molecule has 1 saturated carbocycles. The second-order valence-corrected chi connectivity index (χ2v) is 8.36. The number of hydrogen-bond acceptors (Lipinski definition) is 4. The predicted molar refractivity (Wildman–Crippen MR) is 108 cm³/mol. The molecule has 0 bridgehead atoms. The number of amides is 2. The van der Waals surface area contributed by atoms with Crippen molar-refractivity contribution in [3.05, 3.63) is 41.0 Å². The normalized spacial score (nSPS) is 23.0. The average molecular weight is 438 g/mol. The van der Waals surface area contributed by atoms with E-state index in [4.69, 9.17) is 17.3 Å². The van der Waals surface area contributed by atoms with Gasteiger partial charge in [0.05, 0.1) is 19.1 Å². The molecular formula is C20H22ClF2N5O2. The third-order valence-electron chi connectivity index (χ3n) is 5.68. The lowest BCUT2D eigenvalue weighted by Gasteiger charge is -2.41. The Morgan fingerprint density at radius 3 is 2.33 bits per heavy atom. The molecule has 2 heterocycles. The van der Waals surface area contributed by atoms with E-state index >= 15 is 0 Å². The fraction of sp³-hybridized carbons (Fsp3) is 0.450. The lowest BCUT2D eigenvalue weighted by Crippen LogP contribution is -2.59. The molecule has 1 aromatic carbocycles. The van der Waals surface area contributed by atoms with Crippen molar-refractivity contribution in [2.24, 2.45) is 11.7 Å². The number of nitrogens with two attached hydrogens (primary N) is 1. The standard InChI is InChI=1S/C20H22ClF2N5O2/c21-13-3-5-14(6-4-13)25-18-16(17(24)29)9-28(26-18)15-7-1-12(2-8-15)19(30)27-10-20(22,23)11-27/h3-6,9,12,15H,1-2,7-8,10-11H2,(H2,24,29)(H,25,26). The third kappa shape index (κ3) is 4.26. The fourth-order valence-electron chi connectivity index (χ4n) is 4.03. The van der Waals surface area contributed by atoms with Gasteiger partial charge in [-0.3, -0.25) is 14.3 Å². The molecule has 1 aromatic heterocycles. The van der Waals surface area contributed by atoms with Crippen molar-refractivity contribution in [3.8, 4) is 0 Å². The van der Waals surface area contributed by atoms with Crippen LogP contribution in [0.3, 0.4) is 0 Å². The number of nitrogens with one attached hydrogen (secondary N) is 1. The highest BCUT2D eigenvalue weighted by atomic mass is 35.5. The van der Waals surface area contributed by atoms with Crippen molar-refractivity contribution in [1.29, 1.82) is 0 Å². The smallest absolute Gasteiger partial charge is 0.282 e. The molecule has 0 spiro atoms. The first-order valence-corrected chi connectivity index (χ1v) is 10.2. The molecular weight excluding hydrogens is 416 g/mol. The second-order valence-electron chi connectivity index (χ2n) is 7.92. The Bertz CT molecular complexity index is 947. The minimum absolute atomic E-state index is 0.00532. The fourth-order valence-corrected chi connectivity index (χ4v) is 4.16. The highest BCUT2D eigenvalue weighted by molar-refractivity contribution is 6.30. The number of carbonyl (C=O) groups excluding carboxylic acids is 2. The summed E-state index contributed by atoms with van der Waals surface area (Å²) in [6.45, 7) is -0.959. The maximum Gasteiger partial charge on any atom is 0.282 e. The van der Waals surface area contributed by atoms with Crippen LogP contribution < -0.4 is 11.1 Å². The minimum atomic E-state index is -2.75. The van der Waals surface area contributed by atoms with Crippen LogP contribution in [0.2, 0.25) is 5.02 Å². The molecule has 0 atom stereocenters. The number of likely N-dealkylation sites (tertiary alicyclic amines) is 1. The molecule has 1 saturated heterocycles. The van der Waals surface area contributed by atoms with Crippen LogP contribution in [-0.4, -0.2) is 45.5 Å². The largest absolute Gasteiger partial charge is 0.365 e. The summed E-state index contributed by atoms with van der Waals surface area (Å²) in [4.78, 5) is 25.5. The third-order valence-corrected chi connectivity index (χ3v) is 5.93. The van der Waals surface area contributed by atoms with E-state index < -0.39 is 24.9 Å². The molecule has 2 aromatic rings. The summed E-state index contributed by atoms with van der Waals surface area (Å²) < 4.78 is 27.8. The van der Waals surface area contributed by atoms with Gasteiger partial charge in [0.1, 0.15) is 5.56 Å². The van der Waals surface area contributed by atoms with Gasteiger partial charge in [-0.25, -0.2) is 8.78 Å². The number of carbonyl (C=O) groups is 2. The molecule has 3 N–H and O–H groups in total. The van der Waals surface area contributed by atoms with E-state index in [9.17, 15) is 18.4 Å². The van der Waals surface area contributed by atoms with E-state index in [0.29, 0.717) is 42.2 Å². The molecule has 160 valence electrons. The summed E-state index contributed by atoms with van der Waals surface area (Å²) in [6, 6.07) is 6.98. The number of rotatable bonds is 5. The van der Waals surface area contributed by atoms with Crippen molar-refractivity contribution < 1.29 is 18.4 Å². The Morgan fingerprint density at radius 2 is 1.77 bits per heavy atom. The van der Waals surface area contributed by atoms with Gasteiger partial charge in [-0.1, -0.05) is 11.6 Å². The predicted octanol–water partition coefficient (Wildman–Crippen LogP) is 3.59. The molecule has 10 heteroatoms. The highest BCUT2D eigenvalue weighted by Gasteiger charge is 2.47. The van der Waals surface area contributed by atoms with Crippen molar-refractivity contribution in [3.63, 3.8) is 0 Å². The van der Waals surface area contributed by atoms with E-state index in [1.165, 1.54) is 4.90 Å². The Balaban J connectivity index is 1.41. The summed E-state index contributed by atoms with van der Waals surface area (Å²) in [6.07, 6.45) is 4.14. The minimum Gasteiger partial charge on any atom is -0.365 e. The van der Waals surface area contributed by atoms with Crippen LogP contribution in [0.1, 0.15) is 42.1 Å². The summed E-state index contributed by atoms with van der Waals surface area (Å²) >= 11 is 5.90. The lowest BCUT2D eigenvalue weighted by atomic mass is 9.84. The zero-order chi connectivity index (χ0) is 21.5. The number of benzene rings is 1. The number of halogens is 3. The van der Waals surface area contributed by atoms with Gasteiger partial charge in [0.25, 0.3) is 11.8 Å². The van der Waals surface area contributed by atoms with Gasteiger partial charge in [0.15, 0.2) is 5.82 Å². The monoisotopic (exact) mass is 437 g/mol. The number of alkyl halides is 2. The molecule has 7 nitrogen and oxygen atoms in total. The van der Waals surface area contributed by atoms with Crippen LogP contribution >= 0.6 is 11.6 Å². The Hall–Kier alpha value is -2.68. The SMILES string of the molecule is NC(=O)c1cn(C2CCC(C(=O)N3CC(F)(F)C3)CC2)nc1Nc1ccc(Cl)cc1. The summed E-state index contributed by atoms with van der Waals surface area (Å²) in [7, 11) is 0. The zero-order valence-corrected chi connectivity index (χ0v) is 16.9. The first-order chi connectivity index (χ1) is 14.2. The van der Waals surface area contributed by atoms with Crippen LogP contribution in [0, 0.1) is 5.92 Å². The Morgan fingerprint density at radius 1 is 1.13 bits per heavy atom. The first-order valence-electron chi connectivity index (χ1n) is 9.80. The van der Waals surface area contributed by atoms with E-state index in [1.807, 2.05) is 0 Å². The maximum absolute atomic E-state index is 13.0. The van der Waals surface area contributed by atoms with Crippen molar-refractivity contribution >= 4 is 34.9 Å². The first kappa shape index (κ1) is 20.6. The van der Waals surface area contributed by atoms with Crippen molar-refractivity contribution in [2.75, 3.05) is 18.4 Å². The van der Waals surface area contributed by atoms with E-state index in [-0.39, 0.29) is 23.4 Å². The number of hydrogen-bond donors (Lipinski definition) is 2. The van der Waals surface area contributed by atoms with Crippen molar-refractivity contribution in [1.82, 2.24) is 14.7 Å². The van der Waals surface area contributed by atoms with Gasteiger partial charge in [0.2, 0.25) is 5.91 Å². The second kappa shape index (κ2) is 7.86. The van der Waals surface area contributed by atoms with Gasteiger partial charge in [-0.2, -0.15) is 5.10 Å². The van der Waals surface area contributed by atoms with Gasteiger partial charge in [-0.15, -0.1) is 0 Å². The van der Waals surface area contributed by atoms with Gasteiger partial charge < -0.3 is 16.0 Å². The van der Waals surface area contributed by atoms with Crippen LogP contribution in [0.25, 0.3) is 0 Å². The van der Waals surface area contributed by atoms with E-state index in [2.05, 4.69) is 10.4 Å². The molecule has 1 aliphatic carbocycles. The molecule has 0 unspecified atom stereocenters. The summed E-state index contributed by atoms with van der Waals surface area (Å²) in [5, 5.41) is 8.18. The molecule has 1 aliphatic heterocycles. The van der Waals surface area contributed by atoms with E-state index in [0.717, 1.165) is 0 Å². The molecule has 2 fully saturated rings. The van der Waals surface area contributed by atoms with Crippen LogP contribution in [0.15, 0.2) is 30.5 Å². The van der Waals surface area contributed by atoms with Crippen LogP contribution in [0.4, 0.5) is 20.3 Å². The number of anilines is 2. The van der Waals surface area contributed by atoms with E-state index in [1.54, 1.807) is 35.1 Å². The lowest BCUT2D eigenvalue weighted by molar-refractivity contribution is -0.170. The quantitative estimate of drug-likeness (QED) is 0.747. The maximum atomic E-state index is 13.0. The van der Waals surface area contributed by atoms with Gasteiger partial charge in [-0.05, 0) is 49.9 Å². The number of primary amides is 1. The average Bonchev–Trinajstić information content (AvgIpc) is 3.11. The highest BCUT2D eigenvalue weighted by Crippen LogP contribution is 2.36. The molecule has 30 heavy (non-hydrogen) atoms. The van der Waals surface area contributed by atoms with Gasteiger partial charge in [0, 0.05) is 22.8 Å². The number of nitrogens with zero attached hydrogens (tertiary/aromatic N) is 3. The zero-order valence-electron chi connectivity index (χ0n) is 16.2. The van der Waals surface area contributed by atoms with Gasteiger partial charge >= 0.3 is 0 Å². The Labute approximate surface area is 177 Å². The topological polar surface area (TPSA) is 93.2 Å². The van der Waals surface area contributed by atoms with Crippen LogP contribution in [0.5, 0.6) is 0 Å². The number of aromatic nitrogens is 2.